The molecule has 1 aromatic heterocycles. The molecule has 8 heteroatoms. The molecule has 0 unspecified atom stereocenters. The molecule has 0 atom stereocenters. The fourth-order valence-corrected chi connectivity index (χ4v) is 2.39. The van der Waals surface area contributed by atoms with Crippen LogP contribution in [0.5, 0.6) is 5.75 Å². The Hall–Kier alpha value is -3.94. The lowest BCUT2D eigenvalue weighted by Crippen LogP contribution is -2.13. The van der Waals surface area contributed by atoms with Crippen LogP contribution in [0.4, 0.5) is 17.3 Å². The predicted molar refractivity (Wildman–Crippen MR) is 104 cm³/mol. The molecule has 0 spiro atoms. The lowest BCUT2D eigenvalue weighted by molar-refractivity contribution is 0.0600. The van der Waals surface area contributed by atoms with E-state index in [1.54, 1.807) is 42.5 Å². The molecule has 0 radical (unpaired) electrons. The van der Waals surface area contributed by atoms with Crippen molar-refractivity contribution in [2.45, 2.75) is 0 Å². The molecule has 1 amide bonds. The largest absolute Gasteiger partial charge is 0.495 e. The van der Waals surface area contributed by atoms with Crippen LogP contribution in [-0.2, 0) is 4.74 Å². The monoisotopic (exact) mass is 378 g/mol. The summed E-state index contributed by atoms with van der Waals surface area (Å²) >= 11 is 0. The minimum atomic E-state index is -0.409. The average molecular weight is 378 g/mol. The molecule has 0 aliphatic rings. The van der Waals surface area contributed by atoms with E-state index < -0.39 is 5.97 Å². The fourth-order valence-electron chi connectivity index (χ4n) is 2.39. The van der Waals surface area contributed by atoms with Crippen molar-refractivity contribution in [1.29, 1.82) is 0 Å². The normalized spacial score (nSPS) is 10.1. The van der Waals surface area contributed by atoms with E-state index >= 15 is 0 Å². The number of benzene rings is 2. The van der Waals surface area contributed by atoms with Gasteiger partial charge in [0.2, 0.25) is 5.95 Å². The van der Waals surface area contributed by atoms with Crippen LogP contribution >= 0.6 is 0 Å². The highest BCUT2D eigenvalue weighted by molar-refractivity contribution is 6.04. The standard InChI is InChI=1S/C20H18N4O4/c1-27-17-6-4-3-5-16(17)24-18(25)14-11-21-20(22-12-14)23-15-9-7-13(8-10-15)19(26)28-2/h3-12H,1-2H3,(H,24,25)(H,21,22,23). The summed E-state index contributed by atoms with van der Waals surface area (Å²) in [6.45, 7) is 0. The molecule has 0 saturated heterocycles. The highest BCUT2D eigenvalue weighted by atomic mass is 16.5. The molecule has 8 nitrogen and oxygen atoms in total. The Morgan fingerprint density at radius 1 is 0.893 bits per heavy atom. The van der Waals surface area contributed by atoms with E-state index in [1.807, 2.05) is 6.07 Å². The lowest BCUT2D eigenvalue weighted by Gasteiger charge is -2.10. The topological polar surface area (TPSA) is 102 Å². The van der Waals surface area contributed by atoms with E-state index in [1.165, 1.54) is 26.6 Å². The second-order valence-corrected chi connectivity index (χ2v) is 5.64. The maximum absolute atomic E-state index is 12.4. The second-order valence-electron chi connectivity index (χ2n) is 5.64. The number of nitrogens with one attached hydrogen (secondary N) is 2. The van der Waals surface area contributed by atoms with E-state index in [0.29, 0.717) is 34.2 Å². The maximum atomic E-state index is 12.4. The Bertz CT molecular complexity index is 972. The third-order valence-corrected chi connectivity index (χ3v) is 3.83. The first kappa shape index (κ1) is 18.8. The summed E-state index contributed by atoms with van der Waals surface area (Å²) < 4.78 is 9.87. The number of hydrogen-bond acceptors (Lipinski definition) is 7. The van der Waals surface area contributed by atoms with E-state index in [2.05, 4.69) is 25.3 Å². The van der Waals surface area contributed by atoms with Crippen molar-refractivity contribution in [2.75, 3.05) is 24.9 Å². The fraction of sp³-hybridized carbons (Fsp3) is 0.100. The smallest absolute Gasteiger partial charge is 0.337 e. The van der Waals surface area contributed by atoms with Gasteiger partial charge in [-0.15, -0.1) is 0 Å². The minimum absolute atomic E-state index is 0.303. The third-order valence-electron chi connectivity index (χ3n) is 3.83. The number of aromatic nitrogens is 2. The van der Waals surface area contributed by atoms with Crippen LogP contribution in [0.2, 0.25) is 0 Å². The minimum Gasteiger partial charge on any atom is -0.495 e. The Labute approximate surface area is 161 Å². The van der Waals surface area contributed by atoms with Gasteiger partial charge in [-0.05, 0) is 36.4 Å². The van der Waals surface area contributed by atoms with Crippen LogP contribution < -0.4 is 15.4 Å². The number of ether oxygens (including phenoxy) is 2. The summed E-state index contributed by atoms with van der Waals surface area (Å²) in [5.74, 6) is 0.122. The van der Waals surface area contributed by atoms with Crippen LogP contribution in [-0.4, -0.2) is 36.1 Å². The van der Waals surface area contributed by atoms with Crippen molar-refractivity contribution in [1.82, 2.24) is 9.97 Å². The zero-order chi connectivity index (χ0) is 19.9. The predicted octanol–water partition coefficient (Wildman–Crippen LogP) is 3.27. The van der Waals surface area contributed by atoms with Crippen LogP contribution in [0.1, 0.15) is 20.7 Å². The molecule has 0 saturated carbocycles. The molecule has 1 heterocycles. The molecule has 0 aliphatic heterocycles. The van der Waals surface area contributed by atoms with Gasteiger partial charge in [0.15, 0.2) is 0 Å². The van der Waals surface area contributed by atoms with E-state index in [4.69, 9.17) is 4.74 Å². The van der Waals surface area contributed by atoms with Gasteiger partial charge in [-0.3, -0.25) is 4.79 Å². The van der Waals surface area contributed by atoms with Crippen LogP contribution in [0.25, 0.3) is 0 Å². The number of nitrogens with zero attached hydrogens (tertiary/aromatic N) is 2. The van der Waals surface area contributed by atoms with Gasteiger partial charge in [0.25, 0.3) is 5.91 Å². The van der Waals surface area contributed by atoms with Gasteiger partial charge >= 0.3 is 5.97 Å². The maximum Gasteiger partial charge on any atom is 0.337 e. The first-order valence-corrected chi connectivity index (χ1v) is 8.32. The van der Waals surface area contributed by atoms with E-state index in [9.17, 15) is 9.59 Å². The van der Waals surface area contributed by atoms with Gasteiger partial charge in [0.05, 0.1) is 31.0 Å². The number of esters is 1. The highest BCUT2D eigenvalue weighted by Crippen LogP contribution is 2.23. The van der Waals surface area contributed by atoms with Gasteiger partial charge in [-0.1, -0.05) is 12.1 Å². The molecule has 3 aromatic rings. The molecule has 0 aliphatic carbocycles. The average Bonchev–Trinajstić information content (AvgIpc) is 2.74. The van der Waals surface area contributed by atoms with Crippen molar-refractivity contribution in [2.24, 2.45) is 0 Å². The summed E-state index contributed by atoms with van der Waals surface area (Å²) in [5.41, 5.74) is 2.00. The van der Waals surface area contributed by atoms with Crippen LogP contribution in [0.3, 0.4) is 0 Å². The summed E-state index contributed by atoms with van der Waals surface area (Å²) in [6.07, 6.45) is 2.84. The molecular formula is C20H18N4O4. The van der Waals surface area contributed by atoms with Gasteiger partial charge in [-0.2, -0.15) is 0 Å². The molecular weight excluding hydrogens is 360 g/mol. The van der Waals surface area contributed by atoms with Crippen molar-refractivity contribution < 1.29 is 19.1 Å². The molecule has 2 aromatic carbocycles. The van der Waals surface area contributed by atoms with Crippen molar-refractivity contribution in [3.05, 3.63) is 72.1 Å². The number of para-hydroxylation sites is 2. The van der Waals surface area contributed by atoms with Crippen molar-refractivity contribution in [3.63, 3.8) is 0 Å². The first-order valence-electron chi connectivity index (χ1n) is 8.32. The Morgan fingerprint density at radius 2 is 1.57 bits per heavy atom. The number of anilines is 3. The Balaban J connectivity index is 1.66. The molecule has 28 heavy (non-hydrogen) atoms. The first-order chi connectivity index (χ1) is 13.6. The number of rotatable bonds is 6. The summed E-state index contributed by atoms with van der Waals surface area (Å²) in [7, 11) is 2.86. The number of carbonyl (C=O) groups is 2. The number of amides is 1. The highest BCUT2D eigenvalue weighted by Gasteiger charge is 2.11. The SMILES string of the molecule is COC(=O)c1ccc(Nc2ncc(C(=O)Nc3ccccc3OC)cn2)cc1. The van der Waals surface area contributed by atoms with Gasteiger partial charge in [0.1, 0.15) is 5.75 Å². The van der Waals surface area contributed by atoms with Crippen LogP contribution in [0, 0.1) is 0 Å². The molecule has 0 fully saturated rings. The van der Waals surface area contributed by atoms with Gasteiger partial charge < -0.3 is 20.1 Å². The van der Waals surface area contributed by atoms with Gasteiger partial charge in [0, 0.05) is 18.1 Å². The lowest BCUT2D eigenvalue weighted by atomic mass is 10.2. The third kappa shape index (κ3) is 4.42. The number of hydrogen-bond donors (Lipinski definition) is 2. The Morgan fingerprint density at radius 3 is 2.21 bits per heavy atom. The second kappa shape index (κ2) is 8.63. The molecule has 0 bridgehead atoms. The Kier molecular flexibility index (Phi) is 5.81. The van der Waals surface area contributed by atoms with Crippen molar-refractivity contribution in [3.8, 4) is 5.75 Å². The summed E-state index contributed by atoms with van der Waals surface area (Å²) in [5, 5.41) is 5.76. The zero-order valence-electron chi connectivity index (χ0n) is 15.3. The summed E-state index contributed by atoms with van der Waals surface area (Å²) in [6, 6.07) is 13.8. The molecule has 2 N–H and O–H groups in total. The van der Waals surface area contributed by atoms with Gasteiger partial charge in [-0.25, -0.2) is 14.8 Å². The zero-order valence-corrected chi connectivity index (χ0v) is 15.3. The summed E-state index contributed by atoms with van der Waals surface area (Å²) in [4.78, 5) is 32.1. The van der Waals surface area contributed by atoms with E-state index in [0.717, 1.165) is 0 Å². The van der Waals surface area contributed by atoms with E-state index in [-0.39, 0.29) is 5.91 Å². The van der Waals surface area contributed by atoms with Crippen LogP contribution in [0.15, 0.2) is 60.9 Å². The van der Waals surface area contributed by atoms with Crippen molar-refractivity contribution >= 4 is 29.2 Å². The quantitative estimate of drug-likeness (QED) is 0.635. The number of carbonyl (C=O) groups excluding carboxylic acids is 2. The number of methoxy groups -OCH3 is 2. The molecule has 142 valence electrons. The molecule has 3 rings (SSSR count).